The van der Waals surface area contributed by atoms with Crippen molar-refractivity contribution in [3.63, 3.8) is 0 Å². The molecule has 3 aromatic heterocycles. The standard InChI is InChI=1S/C31H25F3N6O2/c1-15(2)38-22-11-10-18(13-21(22)34)27-26-30(35)36-14-37-31(26)40(39-27)16(3)29-24(17-6-4-7-19(32)12-17)28(41)25-20(33)8-5-9-23(25)42-29/h4-16,38H,1-3H3,(H2,35,36,37). The summed E-state index contributed by atoms with van der Waals surface area (Å²) >= 11 is 0. The average Bonchev–Trinajstić information content (AvgIpc) is 3.34. The molecule has 11 heteroatoms. The molecular weight excluding hydrogens is 545 g/mol. The third kappa shape index (κ3) is 4.52. The summed E-state index contributed by atoms with van der Waals surface area (Å²) in [5.74, 6) is -1.61. The number of nitrogens with two attached hydrogens (primary N) is 1. The normalized spacial score (nSPS) is 12.4. The van der Waals surface area contributed by atoms with E-state index in [1.807, 2.05) is 13.8 Å². The maximum Gasteiger partial charge on any atom is 0.203 e. The molecule has 42 heavy (non-hydrogen) atoms. The van der Waals surface area contributed by atoms with Gasteiger partial charge in [-0.15, -0.1) is 0 Å². The second-order valence-corrected chi connectivity index (χ2v) is 10.2. The fourth-order valence-electron chi connectivity index (χ4n) is 5.10. The van der Waals surface area contributed by atoms with Crippen molar-refractivity contribution < 1.29 is 17.6 Å². The van der Waals surface area contributed by atoms with Crippen molar-refractivity contribution in [3.8, 4) is 22.4 Å². The lowest BCUT2D eigenvalue weighted by Crippen LogP contribution is -2.17. The number of fused-ring (bicyclic) bond motifs is 2. The Kier molecular flexibility index (Phi) is 6.64. The van der Waals surface area contributed by atoms with Gasteiger partial charge >= 0.3 is 0 Å². The van der Waals surface area contributed by atoms with Gasteiger partial charge in [-0.2, -0.15) is 5.10 Å². The Morgan fingerprint density at radius 3 is 2.43 bits per heavy atom. The average molecular weight is 571 g/mol. The second-order valence-electron chi connectivity index (χ2n) is 10.2. The molecule has 6 aromatic rings. The number of benzene rings is 3. The van der Waals surface area contributed by atoms with E-state index in [9.17, 15) is 13.6 Å². The van der Waals surface area contributed by atoms with E-state index in [0.29, 0.717) is 28.0 Å². The van der Waals surface area contributed by atoms with E-state index in [2.05, 4.69) is 15.3 Å². The summed E-state index contributed by atoms with van der Waals surface area (Å²) in [7, 11) is 0. The number of rotatable bonds is 6. The highest BCUT2D eigenvalue weighted by Crippen LogP contribution is 2.37. The van der Waals surface area contributed by atoms with Crippen LogP contribution in [0.4, 0.5) is 24.7 Å². The first-order valence-electron chi connectivity index (χ1n) is 13.2. The molecule has 0 saturated carbocycles. The lowest BCUT2D eigenvalue weighted by molar-refractivity contribution is 0.445. The van der Waals surface area contributed by atoms with Crippen LogP contribution < -0.4 is 16.5 Å². The molecule has 3 heterocycles. The minimum Gasteiger partial charge on any atom is -0.458 e. The quantitative estimate of drug-likeness (QED) is 0.229. The van der Waals surface area contributed by atoms with Crippen LogP contribution in [0.1, 0.15) is 32.6 Å². The van der Waals surface area contributed by atoms with Gasteiger partial charge in [0.15, 0.2) is 5.65 Å². The Bertz CT molecular complexity index is 2050. The predicted molar refractivity (Wildman–Crippen MR) is 156 cm³/mol. The Hall–Kier alpha value is -5.19. The molecule has 0 amide bonds. The number of aromatic nitrogens is 4. The fraction of sp³-hybridized carbons (Fsp3) is 0.161. The molecule has 0 radical (unpaired) electrons. The largest absolute Gasteiger partial charge is 0.458 e. The zero-order chi connectivity index (χ0) is 29.7. The van der Waals surface area contributed by atoms with E-state index in [1.165, 1.54) is 47.4 Å². The topological polar surface area (TPSA) is 112 Å². The maximum absolute atomic E-state index is 15.1. The molecule has 212 valence electrons. The third-order valence-corrected chi connectivity index (χ3v) is 6.96. The van der Waals surface area contributed by atoms with Gasteiger partial charge in [0.2, 0.25) is 5.43 Å². The molecule has 3 aromatic carbocycles. The van der Waals surface area contributed by atoms with Crippen LogP contribution in [0.3, 0.4) is 0 Å². The summed E-state index contributed by atoms with van der Waals surface area (Å²) in [6, 6.07) is 13.3. The highest BCUT2D eigenvalue weighted by atomic mass is 19.1. The fourth-order valence-corrected chi connectivity index (χ4v) is 5.10. The molecule has 0 bridgehead atoms. The number of nitrogen functional groups attached to an aromatic ring is 1. The number of halogens is 3. The van der Waals surface area contributed by atoms with Crippen molar-refractivity contribution in [1.29, 1.82) is 0 Å². The number of nitrogens with one attached hydrogen (secondary N) is 1. The van der Waals surface area contributed by atoms with Gasteiger partial charge < -0.3 is 15.5 Å². The monoisotopic (exact) mass is 570 g/mol. The Morgan fingerprint density at radius 1 is 0.905 bits per heavy atom. The van der Waals surface area contributed by atoms with E-state index >= 15 is 4.39 Å². The molecule has 0 fully saturated rings. The summed E-state index contributed by atoms with van der Waals surface area (Å²) in [6.07, 6.45) is 1.27. The third-order valence-electron chi connectivity index (χ3n) is 6.96. The van der Waals surface area contributed by atoms with E-state index in [-0.39, 0.29) is 39.7 Å². The molecule has 0 aliphatic rings. The predicted octanol–water partition coefficient (Wildman–Crippen LogP) is 6.70. The lowest BCUT2D eigenvalue weighted by atomic mass is 9.99. The van der Waals surface area contributed by atoms with E-state index in [1.54, 1.807) is 25.1 Å². The van der Waals surface area contributed by atoms with Crippen molar-refractivity contribution in [2.24, 2.45) is 0 Å². The Balaban J connectivity index is 1.60. The summed E-state index contributed by atoms with van der Waals surface area (Å²) in [6.45, 7) is 5.51. The van der Waals surface area contributed by atoms with E-state index < -0.39 is 28.9 Å². The van der Waals surface area contributed by atoms with Gasteiger partial charge in [-0.1, -0.05) is 24.3 Å². The van der Waals surface area contributed by atoms with Gasteiger partial charge in [0.05, 0.1) is 16.6 Å². The molecule has 8 nitrogen and oxygen atoms in total. The zero-order valence-electron chi connectivity index (χ0n) is 22.8. The number of anilines is 2. The van der Waals surface area contributed by atoms with Crippen LogP contribution >= 0.6 is 0 Å². The number of nitrogens with zero attached hydrogens (tertiary/aromatic N) is 4. The first-order valence-corrected chi connectivity index (χ1v) is 13.2. The summed E-state index contributed by atoms with van der Waals surface area (Å²) in [4.78, 5) is 22.3. The van der Waals surface area contributed by atoms with Crippen molar-refractivity contribution >= 4 is 33.5 Å². The molecule has 0 aliphatic carbocycles. The minimum absolute atomic E-state index is 0.0168. The molecule has 3 N–H and O–H groups in total. The van der Waals surface area contributed by atoms with E-state index in [4.69, 9.17) is 15.2 Å². The van der Waals surface area contributed by atoms with Crippen LogP contribution in [-0.4, -0.2) is 25.8 Å². The summed E-state index contributed by atoms with van der Waals surface area (Å²) < 4.78 is 51.9. The van der Waals surface area contributed by atoms with Crippen LogP contribution in [-0.2, 0) is 0 Å². The van der Waals surface area contributed by atoms with Gasteiger partial charge in [0.1, 0.15) is 58.1 Å². The van der Waals surface area contributed by atoms with Crippen LogP contribution in [0.25, 0.3) is 44.4 Å². The lowest BCUT2D eigenvalue weighted by Gasteiger charge is -2.17. The number of hydrogen-bond donors (Lipinski definition) is 2. The van der Waals surface area contributed by atoms with Gasteiger partial charge in [0, 0.05) is 11.6 Å². The van der Waals surface area contributed by atoms with Crippen molar-refractivity contribution in [2.45, 2.75) is 32.9 Å². The van der Waals surface area contributed by atoms with Crippen molar-refractivity contribution in [2.75, 3.05) is 11.1 Å². The summed E-state index contributed by atoms with van der Waals surface area (Å²) in [5.41, 5.74) is 7.16. The minimum atomic E-state index is -0.832. The second kappa shape index (κ2) is 10.3. The number of hydrogen-bond acceptors (Lipinski definition) is 7. The SMILES string of the molecule is CC(C)Nc1ccc(-c2nn(C(C)c3oc4cccc(F)c4c(=O)c3-c3cccc(F)c3)c3ncnc(N)c23)cc1F. The molecule has 1 atom stereocenters. The van der Waals surface area contributed by atoms with Gasteiger partial charge in [-0.25, -0.2) is 27.8 Å². The van der Waals surface area contributed by atoms with E-state index in [0.717, 1.165) is 6.07 Å². The smallest absolute Gasteiger partial charge is 0.203 e. The highest BCUT2D eigenvalue weighted by Gasteiger charge is 2.28. The molecule has 0 saturated heterocycles. The van der Waals surface area contributed by atoms with Crippen LogP contribution in [0.15, 0.2) is 76.2 Å². The van der Waals surface area contributed by atoms with Crippen LogP contribution in [0.2, 0.25) is 0 Å². The van der Waals surface area contributed by atoms with Crippen LogP contribution in [0.5, 0.6) is 0 Å². The Morgan fingerprint density at radius 2 is 1.69 bits per heavy atom. The van der Waals surface area contributed by atoms with Gasteiger partial charge in [0.25, 0.3) is 0 Å². The maximum atomic E-state index is 15.1. The Labute approximate surface area is 237 Å². The molecule has 1 unspecified atom stereocenters. The molecular formula is C31H25F3N6O2. The highest BCUT2D eigenvalue weighted by molar-refractivity contribution is 5.98. The molecule has 6 rings (SSSR count). The summed E-state index contributed by atoms with van der Waals surface area (Å²) in [5, 5.41) is 7.91. The van der Waals surface area contributed by atoms with Crippen molar-refractivity contribution in [3.05, 3.63) is 100 Å². The van der Waals surface area contributed by atoms with Gasteiger partial charge in [-0.3, -0.25) is 4.79 Å². The first kappa shape index (κ1) is 27.0. The van der Waals surface area contributed by atoms with Gasteiger partial charge in [-0.05, 0) is 62.7 Å². The first-order chi connectivity index (χ1) is 20.1. The molecule has 0 aliphatic heterocycles. The molecule has 0 spiro atoms. The van der Waals surface area contributed by atoms with Crippen molar-refractivity contribution in [1.82, 2.24) is 19.7 Å². The van der Waals surface area contributed by atoms with Crippen LogP contribution in [0, 0.1) is 17.5 Å². The zero-order valence-corrected chi connectivity index (χ0v) is 22.8.